The number of thioether (sulfide) groups is 1. The number of benzene rings is 2. The van der Waals surface area contributed by atoms with Crippen LogP contribution in [0.2, 0.25) is 0 Å². The third kappa shape index (κ3) is 5.06. The molecular formula is C23H22ClN3O7S. The standard InChI is InChI=1S/C23H22ClN3O7S/c1-23(13-24)19(22(30)34-11-14-7-9-15(10-8-14)27(31)32)26-20(29)18(21(26)35-23)25-17(28)12-33-16-5-3-2-4-6-16/h2-10,18-19,21H,11-13H2,1H3,(H,25,28)/t18?,19?,21-,23-/m0/s1. The third-order valence-corrected chi connectivity index (χ3v) is 8.13. The topological polar surface area (TPSA) is 128 Å². The van der Waals surface area contributed by atoms with Crippen LogP contribution in [0.25, 0.3) is 0 Å². The van der Waals surface area contributed by atoms with Crippen LogP contribution >= 0.6 is 23.4 Å². The number of ether oxygens (including phenoxy) is 2. The number of para-hydroxylation sites is 1. The Morgan fingerprint density at radius 2 is 1.89 bits per heavy atom. The summed E-state index contributed by atoms with van der Waals surface area (Å²) in [5.74, 6) is -0.879. The SMILES string of the molecule is C[C@@]1(CCl)S[C@H]2C(NC(=O)COc3ccccc3)C(=O)N2C1C(=O)OCc1ccc([N+](=O)[O-])cc1. The molecule has 1 N–H and O–H groups in total. The van der Waals surface area contributed by atoms with E-state index in [2.05, 4.69) is 5.32 Å². The van der Waals surface area contributed by atoms with Crippen molar-refractivity contribution in [3.05, 3.63) is 70.3 Å². The summed E-state index contributed by atoms with van der Waals surface area (Å²) in [6.07, 6.45) is 0. The Morgan fingerprint density at radius 1 is 1.20 bits per heavy atom. The smallest absolute Gasteiger partial charge is 0.330 e. The lowest BCUT2D eigenvalue weighted by atomic mass is 9.95. The van der Waals surface area contributed by atoms with Gasteiger partial charge in [-0.15, -0.1) is 23.4 Å². The Balaban J connectivity index is 1.36. The number of nitrogens with zero attached hydrogens (tertiary/aromatic N) is 2. The van der Waals surface area contributed by atoms with E-state index in [1.807, 2.05) is 6.07 Å². The van der Waals surface area contributed by atoms with Crippen LogP contribution in [0.3, 0.4) is 0 Å². The van der Waals surface area contributed by atoms with Crippen LogP contribution < -0.4 is 10.1 Å². The van der Waals surface area contributed by atoms with Gasteiger partial charge in [0.1, 0.15) is 29.8 Å². The second kappa shape index (κ2) is 10.1. The summed E-state index contributed by atoms with van der Waals surface area (Å²) in [6.45, 7) is 1.41. The van der Waals surface area contributed by atoms with Gasteiger partial charge in [-0.05, 0) is 36.8 Å². The zero-order valence-corrected chi connectivity index (χ0v) is 20.2. The molecule has 0 radical (unpaired) electrons. The monoisotopic (exact) mass is 519 g/mol. The number of carbonyl (C=O) groups excluding carboxylic acids is 3. The van der Waals surface area contributed by atoms with Crippen molar-refractivity contribution in [1.82, 2.24) is 10.2 Å². The minimum absolute atomic E-state index is 0.0711. The molecule has 2 unspecified atom stereocenters. The molecular weight excluding hydrogens is 498 g/mol. The van der Waals surface area contributed by atoms with Gasteiger partial charge in [0, 0.05) is 18.0 Å². The van der Waals surface area contributed by atoms with Crippen LogP contribution in [-0.4, -0.2) is 62.3 Å². The Labute approximate surface area is 210 Å². The lowest BCUT2D eigenvalue weighted by Crippen LogP contribution is -2.71. The fraction of sp³-hybridized carbons (Fsp3) is 0.348. The molecule has 2 aliphatic heterocycles. The van der Waals surface area contributed by atoms with Crippen LogP contribution in [0.15, 0.2) is 54.6 Å². The number of halogens is 1. The number of nitro groups is 1. The molecule has 4 rings (SSSR count). The number of β-lactam (4-membered cyclic amide) rings is 1. The number of hydrogen-bond acceptors (Lipinski definition) is 8. The van der Waals surface area contributed by atoms with Gasteiger partial charge in [0.2, 0.25) is 5.91 Å². The highest BCUT2D eigenvalue weighted by molar-refractivity contribution is 8.01. The van der Waals surface area contributed by atoms with Gasteiger partial charge >= 0.3 is 5.97 Å². The molecule has 0 spiro atoms. The summed E-state index contributed by atoms with van der Waals surface area (Å²) >= 11 is 7.53. The Bertz CT molecular complexity index is 1130. The minimum atomic E-state index is -0.936. The van der Waals surface area contributed by atoms with Crippen molar-refractivity contribution in [2.24, 2.45) is 0 Å². The Kier molecular flexibility index (Phi) is 7.18. The number of hydrogen-bond donors (Lipinski definition) is 1. The number of non-ortho nitro benzene ring substituents is 1. The van der Waals surface area contributed by atoms with Crippen LogP contribution in [0.5, 0.6) is 5.75 Å². The molecule has 0 saturated carbocycles. The largest absolute Gasteiger partial charge is 0.484 e. The molecule has 2 heterocycles. The fourth-order valence-corrected chi connectivity index (χ4v) is 5.90. The Morgan fingerprint density at radius 3 is 2.51 bits per heavy atom. The molecule has 0 aromatic heterocycles. The van der Waals surface area contributed by atoms with E-state index in [1.54, 1.807) is 31.2 Å². The van der Waals surface area contributed by atoms with Crippen LogP contribution in [0.1, 0.15) is 12.5 Å². The normalized spacial score (nSPS) is 24.8. The summed E-state index contributed by atoms with van der Waals surface area (Å²) in [5, 5.41) is 13.0. The maximum absolute atomic E-state index is 13.0. The lowest BCUT2D eigenvalue weighted by molar-refractivity contribution is -0.384. The van der Waals surface area contributed by atoms with Crippen molar-refractivity contribution < 1.29 is 28.8 Å². The van der Waals surface area contributed by atoms with Gasteiger partial charge in [0.25, 0.3) is 11.6 Å². The van der Waals surface area contributed by atoms with E-state index in [0.29, 0.717) is 11.3 Å². The third-order valence-electron chi connectivity index (χ3n) is 5.77. The molecule has 35 heavy (non-hydrogen) atoms. The quantitative estimate of drug-likeness (QED) is 0.176. The second-order valence-corrected chi connectivity index (χ2v) is 10.2. The maximum Gasteiger partial charge on any atom is 0.330 e. The molecule has 2 amide bonds. The predicted octanol–water partition coefficient (Wildman–Crippen LogP) is 2.48. The van der Waals surface area contributed by atoms with E-state index in [1.165, 1.54) is 40.9 Å². The van der Waals surface area contributed by atoms with Crippen LogP contribution in [0.4, 0.5) is 5.69 Å². The van der Waals surface area contributed by atoms with Gasteiger partial charge in [-0.25, -0.2) is 4.79 Å². The number of alkyl halides is 1. The second-order valence-electron chi connectivity index (χ2n) is 8.28. The highest BCUT2D eigenvalue weighted by Crippen LogP contribution is 2.51. The molecule has 2 aliphatic rings. The molecule has 0 aliphatic carbocycles. The highest BCUT2D eigenvalue weighted by atomic mass is 35.5. The first-order valence-corrected chi connectivity index (χ1v) is 12.1. The number of nitrogens with one attached hydrogen (secondary N) is 1. The number of carbonyl (C=O) groups is 3. The fourth-order valence-electron chi connectivity index (χ4n) is 3.95. The zero-order valence-electron chi connectivity index (χ0n) is 18.6. The first-order valence-electron chi connectivity index (χ1n) is 10.7. The van der Waals surface area contributed by atoms with Gasteiger partial charge < -0.3 is 19.7 Å². The van der Waals surface area contributed by atoms with E-state index in [4.69, 9.17) is 21.1 Å². The zero-order chi connectivity index (χ0) is 25.2. The molecule has 2 aromatic rings. The Hall–Kier alpha value is -3.31. The van der Waals surface area contributed by atoms with Gasteiger partial charge in [-0.3, -0.25) is 19.7 Å². The van der Waals surface area contributed by atoms with E-state index < -0.39 is 44.9 Å². The van der Waals surface area contributed by atoms with E-state index >= 15 is 0 Å². The summed E-state index contributed by atoms with van der Waals surface area (Å²) in [4.78, 5) is 49.9. The molecule has 0 bridgehead atoms. The maximum atomic E-state index is 13.0. The first-order chi connectivity index (χ1) is 16.7. The van der Waals surface area contributed by atoms with Gasteiger partial charge in [-0.1, -0.05) is 18.2 Å². The summed E-state index contributed by atoms with van der Waals surface area (Å²) in [6, 6.07) is 12.7. The number of fused-ring (bicyclic) bond motifs is 1. The van der Waals surface area contributed by atoms with Gasteiger partial charge in [0.05, 0.1) is 9.67 Å². The van der Waals surface area contributed by atoms with Crippen molar-refractivity contribution in [2.45, 2.75) is 35.7 Å². The average molecular weight is 520 g/mol. The molecule has 184 valence electrons. The summed E-state index contributed by atoms with van der Waals surface area (Å²) in [5.41, 5.74) is 0.496. The van der Waals surface area contributed by atoms with Crippen LogP contribution in [-0.2, 0) is 25.7 Å². The number of rotatable bonds is 9. The summed E-state index contributed by atoms with van der Waals surface area (Å²) < 4.78 is 10.0. The number of amides is 2. The van der Waals surface area contributed by atoms with Crippen molar-refractivity contribution in [3.8, 4) is 5.75 Å². The summed E-state index contributed by atoms with van der Waals surface area (Å²) in [7, 11) is 0. The highest BCUT2D eigenvalue weighted by Gasteiger charge is 2.65. The number of nitro benzene ring substituents is 1. The van der Waals surface area contributed by atoms with Crippen LogP contribution in [0, 0.1) is 10.1 Å². The first kappa shape index (κ1) is 24.8. The molecule has 10 nitrogen and oxygen atoms in total. The molecule has 2 fully saturated rings. The van der Waals surface area contributed by atoms with Crippen molar-refractivity contribution in [3.63, 3.8) is 0 Å². The van der Waals surface area contributed by atoms with E-state index in [0.717, 1.165) is 0 Å². The minimum Gasteiger partial charge on any atom is -0.484 e. The molecule has 12 heteroatoms. The van der Waals surface area contributed by atoms with E-state index in [9.17, 15) is 24.5 Å². The molecule has 4 atom stereocenters. The predicted molar refractivity (Wildman–Crippen MR) is 128 cm³/mol. The van der Waals surface area contributed by atoms with Gasteiger partial charge in [-0.2, -0.15) is 0 Å². The van der Waals surface area contributed by atoms with Crippen molar-refractivity contribution in [1.29, 1.82) is 0 Å². The van der Waals surface area contributed by atoms with Crippen molar-refractivity contribution >= 4 is 46.8 Å². The molecule has 2 aromatic carbocycles. The van der Waals surface area contributed by atoms with Crippen molar-refractivity contribution in [2.75, 3.05) is 12.5 Å². The van der Waals surface area contributed by atoms with Gasteiger partial charge in [0.15, 0.2) is 6.61 Å². The number of esters is 1. The average Bonchev–Trinajstić information content (AvgIpc) is 3.15. The molecule has 2 saturated heterocycles. The lowest BCUT2D eigenvalue weighted by Gasteiger charge is -2.43. The van der Waals surface area contributed by atoms with E-state index in [-0.39, 0.29) is 24.8 Å².